The first-order valence-corrected chi connectivity index (χ1v) is 8.76. The Labute approximate surface area is 150 Å². The number of thiazole rings is 1. The Morgan fingerprint density at radius 2 is 1.92 bits per heavy atom. The summed E-state index contributed by atoms with van der Waals surface area (Å²) in [5.74, 6) is -0.0588. The molecule has 0 saturated heterocycles. The largest absolute Gasteiger partial charge is 0.334 e. The first kappa shape index (κ1) is 16.8. The van der Waals surface area contributed by atoms with Crippen molar-refractivity contribution in [2.45, 2.75) is 13.0 Å². The van der Waals surface area contributed by atoms with Crippen molar-refractivity contribution in [3.05, 3.63) is 82.1 Å². The highest BCUT2D eigenvalue weighted by Gasteiger charge is 2.16. The van der Waals surface area contributed by atoms with Crippen molar-refractivity contribution in [3.8, 4) is 6.07 Å². The zero-order valence-electron chi connectivity index (χ0n) is 13.5. The van der Waals surface area contributed by atoms with Gasteiger partial charge >= 0.3 is 0 Å². The maximum atomic E-state index is 12.9. The second-order valence-electron chi connectivity index (χ2n) is 5.50. The number of carbonyl (C=O) groups is 1. The second-order valence-corrected chi connectivity index (χ2v) is 6.22. The van der Waals surface area contributed by atoms with Gasteiger partial charge in [-0.15, -0.1) is 11.3 Å². The van der Waals surface area contributed by atoms with E-state index in [1.165, 1.54) is 0 Å². The van der Waals surface area contributed by atoms with Gasteiger partial charge in [-0.3, -0.25) is 9.78 Å². The van der Waals surface area contributed by atoms with E-state index in [9.17, 15) is 4.79 Å². The summed E-state index contributed by atoms with van der Waals surface area (Å²) in [7, 11) is 0. The molecule has 2 heterocycles. The predicted molar refractivity (Wildman–Crippen MR) is 96.0 cm³/mol. The van der Waals surface area contributed by atoms with Crippen LogP contribution in [0, 0.1) is 11.3 Å². The normalized spacial score (nSPS) is 10.2. The zero-order valence-corrected chi connectivity index (χ0v) is 14.3. The van der Waals surface area contributed by atoms with E-state index in [2.05, 4.69) is 16.0 Å². The molecule has 25 heavy (non-hydrogen) atoms. The molecule has 0 saturated carbocycles. The lowest BCUT2D eigenvalue weighted by Crippen LogP contribution is -2.32. The number of hydrogen-bond donors (Lipinski definition) is 0. The van der Waals surface area contributed by atoms with Crippen LogP contribution in [0.15, 0.2) is 59.7 Å². The molecule has 3 rings (SSSR count). The van der Waals surface area contributed by atoms with Crippen molar-refractivity contribution in [1.29, 1.82) is 5.26 Å². The molecular formula is C19H16N4OS. The molecule has 0 unspecified atom stereocenters. The second kappa shape index (κ2) is 8.18. The molecule has 5 nitrogen and oxygen atoms in total. The molecule has 124 valence electrons. The number of benzene rings is 1. The van der Waals surface area contributed by atoms with Crippen molar-refractivity contribution in [3.63, 3.8) is 0 Å². The summed E-state index contributed by atoms with van der Waals surface area (Å²) in [5, 5.41) is 10.9. The number of nitriles is 1. The molecule has 6 heteroatoms. The maximum Gasteiger partial charge on any atom is 0.254 e. The van der Waals surface area contributed by atoms with Gasteiger partial charge in [-0.1, -0.05) is 0 Å². The minimum absolute atomic E-state index is 0.0588. The lowest BCUT2D eigenvalue weighted by molar-refractivity contribution is 0.0744. The van der Waals surface area contributed by atoms with Crippen LogP contribution >= 0.6 is 11.3 Å². The van der Waals surface area contributed by atoms with Gasteiger partial charge in [0.2, 0.25) is 0 Å². The Morgan fingerprint density at radius 3 is 2.56 bits per heavy atom. The molecule has 3 aromatic rings. The van der Waals surface area contributed by atoms with E-state index in [-0.39, 0.29) is 5.91 Å². The number of nitrogens with zero attached hydrogens (tertiary/aromatic N) is 4. The molecule has 1 aromatic carbocycles. The SMILES string of the molecule is N#Cc1ccc(C(=O)N(CCc2cscn2)Cc2ccncc2)cc1. The van der Waals surface area contributed by atoms with E-state index < -0.39 is 0 Å². The number of carbonyl (C=O) groups excluding carboxylic acids is 1. The lowest BCUT2D eigenvalue weighted by atomic mass is 10.1. The fraction of sp³-hybridized carbons (Fsp3) is 0.158. The van der Waals surface area contributed by atoms with Crippen LogP contribution in [0.5, 0.6) is 0 Å². The predicted octanol–water partition coefficient (Wildman–Crippen LogP) is 3.29. The Kier molecular flexibility index (Phi) is 5.50. The summed E-state index contributed by atoms with van der Waals surface area (Å²) in [5.41, 5.74) is 4.92. The topological polar surface area (TPSA) is 69.9 Å². The molecule has 0 fully saturated rings. The van der Waals surface area contributed by atoms with Crippen LogP contribution in [0.25, 0.3) is 0 Å². The van der Waals surface area contributed by atoms with Crippen LogP contribution < -0.4 is 0 Å². The van der Waals surface area contributed by atoms with E-state index in [4.69, 9.17) is 5.26 Å². The van der Waals surface area contributed by atoms with Gasteiger partial charge in [0.15, 0.2) is 0 Å². The standard InChI is InChI=1S/C19H16N4OS/c20-11-15-1-3-17(4-2-15)19(24)23(10-7-18-13-25-14-22-18)12-16-5-8-21-9-6-16/h1-6,8-9,13-14H,7,10,12H2. The third-order valence-electron chi connectivity index (χ3n) is 3.79. The fourth-order valence-electron chi connectivity index (χ4n) is 2.44. The van der Waals surface area contributed by atoms with E-state index in [1.807, 2.05) is 17.5 Å². The summed E-state index contributed by atoms with van der Waals surface area (Å²) in [6.07, 6.45) is 4.15. The van der Waals surface area contributed by atoms with Crippen molar-refractivity contribution < 1.29 is 4.79 Å². The molecule has 1 amide bonds. The van der Waals surface area contributed by atoms with Crippen molar-refractivity contribution in [2.75, 3.05) is 6.54 Å². The van der Waals surface area contributed by atoms with E-state index in [0.717, 1.165) is 11.3 Å². The van der Waals surface area contributed by atoms with Crippen molar-refractivity contribution in [2.24, 2.45) is 0 Å². The average molecular weight is 348 g/mol. The van der Waals surface area contributed by atoms with Gasteiger partial charge in [-0.25, -0.2) is 4.98 Å². The van der Waals surface area contributed by atoms with Gasteiger partial charge in [0.05, 0.1) is 22.8 Å². The molecule has 0 N–H and O–H groups in total. The monoisotopic (exact) mass is 348 g/mol. The maximum absolute atomic E-state index is 12.9. The Balaban J connectivity index is 1.78. The smallest absolute Gasteiger partial charge is 0.254 e. The van der Waals surface area contributed by atoms with Gasteiger partial charge in [0.1, 0.15) is 0 Å². The third-order valence-corrected chi connectivity index (χ3v) is 4.43. The van der Waals surface area contributed by atoms with Crippen molar-refractivity contribution >= 4 is 17.2 Å². The molecule has 0 spiro atoms. The van der Waals surface area contributed by atoms with Crippen LogP contribution in [0.3, 0.4) is 0 Å². The highest BCUT2D eigenvalue weighted by atomic mass is 32.1. The molecule has 0 bridgehead atoms. The quantitative estimate of drug-likeness (QED) is 0.685. The lowest BCUT2D eigenvalue weighted by Gasteiger charge is -2.22. The first-order valence-electron chi connectivity index (χ1n) is 7.81. The summed E-state index contributed by atoms with van der Waals surface area (Å²) in [4.78, 5) is 23.0. The molecular weight excluding hydrogens is 332 g/mol. The summed E-state index contributed by atoms with van der Waals surface area (Å²) in [6, 6.07) is 12.6. The third kappa shape index (κ3) is 4.49. The number of aromatic nitrogens is 2. The first-order chi connectivity index (χ1) is 12.3. The van der Waals surface area contributed by atoms with Crippen LogP contribution in [0.1, 0.15) is 27.2 Å². The van der Waals surface area contributed by atoms with E-state index in [1.54, 1.807) is 58.4 Å². The van der Waals surface area contributed by atoms with E-state index >= 15 is 0 Å². The molecule has 2 aromatic heterocycles. The number of pyridine rings is 1. The summed E-state index contributed by atoms with van der Waals surface area (Å²) in [6.45, 7) is 1.08. The minimum atomic E-state index is -0.0588. The summed E-state index contributed by atoms with van der Waals surface area (Å²) < 4.78 is 0. The number of rotatable bonds is 6. The van der Waals surface area contributed by atoms with Crippen LogP contribution in [-0.4, -0.2) is 27.3 Å². The minimum Gasteiger partial charge on any atom is -0.334 e. The van der Waals surface area contributed by atoms with Crippen molar-refractivity contribution in [1.82, 2.24) is 14.9 Å². The summed E-state index contributed by atoms with van der Waals surface area (Å²) >= 11 is 1.55. The highest BCUT2D eigenvalue weighted by Crippen LogP contribution is 2.13. The number of amides is 1. The Morgan fingerprint density at radius 1 is 1.16 bits per heavy atom. The molecule has 0 aliphatic rings. The molecule has 0 aliphatic carbocycles. The Bertz CT molecular complexity index is 855. The number of hydrogen-bond acceptors (Lipinski definition) is 5. The van der Waals surface area contributed by atoms with Gasteiger partial charge < -0.3 is 4.90 Å². The van der Waals surface area contributed by atoms with Gasteiger partial charge in [0.25, 0.3) is 5.91 Å². The Hall–Kier alpha value is -3.04. The zero-order chi connectivity index (χ0) is 17.5. The van der Waals surface area contributed by atoms with Crippen LogP contribution in [0.2, 0.25) is 0 Å². The van der Waals surface area contributed by atoms with Gasteiger partial charge in [-0.2, -0.15) is 5.26 Å². The van der Waals surface area contributed by atoms with Crippen LogP contribution in [-0.2, 0) is 13.0 Å². The molecule has 0 aliphatic heterocycles. The molecule has 0 atom stereocenters. The van der Waals surface area contributed by atoms with E-state index in [0.29, 0.717) is 30.6 Å². The average Bonchev–Trinajstić information content (AvgIpc) is 3.19. The van der Waals surface area contributed by atoms with Crippen LogP contribution in [0.4, 0.5) is 0 Å². The highest BCUT2D eigenvalue weighted by molar-refractivity contribution is 7.07. The fourth-order valence-corrected chi connectivity index (χ4v) is 3.03. The van der Waals surface area contributed by atoms with Gasteiger partial charge in [-0.05, 0) is 42.0 Å². The van der Waals surface area contributed by atoms with Gasteiger partial charge in [0, 0.05) is 42.8 Å². The molecule has 0 radical (unpaired) electrons.